The molecular formula is C12H15F2NaO5S. The van der Waals surface area contributed by atoms with Crippen LogP contribution in [0.5, 0.6) is 0 Å². The number of carbonyl (C=O) groups excluding carboxylic acids is 1. The van der Waals surface area contributed by atoms with Crippen LogP contribution in [0, 0.1) is 23.7 Å². The van der Waals surface area contributed by atoms with E-state index in [2.05, 4.69) is 9.37 Å². The smallest absolute Gasteiger partial charge is 0.691 e. The van der Waals surface area contributed by atoms with Crippen LogP contribution in [0.1, 0.15) is 32.1 Å². The summed E-state index contributed by atoms with van der Waals surface area (Å²) in [6.45, 7) is 0. The van der Waals surface area contributed by atoms with E-state index in [4.69, 9.17) is 4.74 Å². The fourth-order valence-electron chi connectivity index (χ4n) is 4.35. The largest absolute Gasteiger partial charge is 1.00 e. The molecule has 0 aromatic heterocycles. The van der Waals surface area contributed by atoms with Crippen LogP contribution >= 0.6 is 12.0 Å². The fraction of sp³-hybridized carbons (Fsp3) is 0.917. The zero-order valence-corrected chi connectivity index (χ0v) is 14.4. The van der Waals surface area contributed by atoms with Crippen molar-refractivity contribution in [1.82, 2.24) is 0 Å². The van der Waals surface area contributed by atoms with Crippen LogP contribution in [-0.2, 0) is 18.9 Å². The van der Waals surface area contributed by atoms with Crippen molar-refractivity contribution < 1.29 is 62.5 Å². The fourth-order valence-corrected chi connectivity index (χ4v) is 4.58. The Bertz CT molecular complexity index is 370. The van der Waals surface area contributed by atoms with Gasteiger partial charge in [0.05, 0.1) is 0 Å². The predicted octanol–water partition coefficient (Wildman–Crippen LogP) is -1.18. The molecule has 9 heteroatoms. The molecule has 0 aromatic carbocycles. The molecule has 5 nitrogen and oxygen atoms in total. The maximum atomic E-state index is 13.4. The molecule has 0 aliphatic heterocycles. The summed E-state index contributed by atoms with van der Waals surface area (Å²) in [7, 11) is 0. The van der Waals surface area contributed by atoms with Crippen LogP contribution in [0.25, 0.3) is 0 Å². The van der Waals surface area contributed by atoms with Crippen molar-refractivity contribution in [1.29, 1.82) is 0 Å². The topological polar surface area (TPSA) is 67.8 Å². The standard InChI is InChI=1S/C12H16F2O5S.Na/c13-12(14,20-19-18-16)11(15)17-10-8-2-6-1-7(4-8)5-9(10)3-6;/h6-10,16H,1-5H2;/q;+1/p-1. The molecule has 0 saturated heterocycles. The van der Waals surface area contributed by atoms with Gasteiger partial charge in [-0.25, -0.2) is 4.79 Å². The Hall–Kier alpha value is 0.560. The molecule has 4 bridgehead atoms. The SMILES string of the molecule is O=C(OC1C2CC3CC(C2)CC1C3)C(F)(F)SOO[O-].[Na+]. The number of hydrogen-bond donors (Lipinski definition) is 0. The van der Waals surface area contributed by atoms with Crippen LogP contribution in [0.3, 0.4) is 0 Å². The first-order valence-electron chi connectivity index (χ1n) is 6.73. The first kappa shape index (κ1) is 17.9. The van der Waals surface area contributed by atoms with Crippen LogP contribution in [0.15, 0.2) is 0 Å². The van der Waals surface area contributed by atoms with Crippen molar-refractivity contribution in [2.75, 3.05) is 0 Å². The average Bonchev–Trinajstić information content (AvgIpc) is 2.39. The molecule has 0 heterocycles. The van der Waals surface area contributed by atoms with E-state index in [0.717, 1.165) is 25.7 Å². The summed E-state index contributed by atoms with van der Waals surface area (Å²) in [5.74, 6) is 0.0800. The zero-order valence-electron chi connectivity index (χ0n) is 11.6. The Balaban J connectivity index is 0.00000161. The van der Waals surface area contributed by atoms with E-state index in [0.29, 0.717) is 11.8 Å². The van der Waals surface area contributed by atoms with Gasteiger partial charge in [0.2, 0.25) is 0 Å². The molecular weight excluding hydrogens is 317 g/mol. The molecule has 0 aromatic rings. The number of halogens is 2. The van der Waals surface area contributed by atoms with E-state index >= 15 is 0 Å². The predicted molar refractivity (Wildman–Crippen MR) is 61.6 cm³/mol. The van der Waals surface area contributed by atoms with Gasteiger partial charge in [-0.3, -0.25) is 5.04 Å². The minimum atomic E-state index is -3.93. The van der Waals surface area contributed by atoms with Gasteiger partial charge in [0.1, 0.15) is 18.1 Å². The second-order valence-electron chi connectivity index (χ2n) is 6.04. The number of carbonyl (C=O) groups is 1. The van der Waals surface area contributed by atoms with Crippen LogP contribution < -0.4 is 34.8 Å². The molecule has 0 N–H and O–H groups in total. The molecule has 4 rings (SSSR count). The summed E-state index contributed by atoms with van der Waals surface area (Å²) in [6.07, 6.45) is 4.66. The average molecular weight is 332 g/mol. The van der Waals surface area contributed by atoms with Gasteiger partial charge in [-0.1, -0.05) is 0 Å². The third-order valence-corrected chi connectivity index (χ3v) is 5.29. The third-order valence-electron chi connectivity index (χ3n) is 4.79. The van der Waals surface area contributed by atoms with Crippen LogP contribution in [0.4, 0.5) is 8.78 Å². The van der Waals surface area contributed by atoms with Gasteiger partial charge < -0.3 is 9.99 Å². The molecule has 4 aliphatic carbocycles. The Kier molecular flexibility index (Phi) is 5.96. The molecule has 4 aliphatic rings. The van der Waals surface area contributed by atoms with Gasteiger partial charge in [-0.05, 0) is 55.8 Å². The molecule has 4 fully saturated rings. The first-order valence-corrected chi connectivity index (χ1v) is 7.47. The molecule has 0 atom stereocenters. The van der Waals surface area contributed by atoms with Crippen LogP contribution in [0.2, 0.25) is 0 Å². The van der Waals surface area contributed by atoms with Crippen molar-refractivity contribution in [3.05, 3.63) is 0 Å². The summed E-state index contributed by atoms with van der Waals surface area (Å²) in [5.41, 5.74) is 0. The second-order valence-corrected chi connectivity index (χ2v) is 6.85. The van der Waals surface area contributed by atoms with Crippen molar-refractivity contribution >= 4 is 18.0 Å². The number of rotatable bonds is 5. The van der Waals surface area contributed by atoms with E-state index in [-0.39, 0.29) is 41.4 Å². The quantitative estimate of drug-likeness (QED) is 0.208. The van der Waals surface area contributed by atoms with Gasteiger partial charge in [0.25, 0.3) is 0 Å². The molecule has 0 radical (unpaired) electrons. The molecule has 4 saturated carbocycles. The van der Waals surface area contributed by atoms with Crippen molar-refractivity contribution in [2.45, 2.75) is 43.5 Å². The summed E-state index contributed by atoms with van der Waals surface area (Å²) in [5, 5.41) is 8.47. The summed E-state index contributed by atoms with van der Waals surface area (Å²) in [4.78, 5) is 11.5. The van der Waals surface area contributed by atoms with Gasteiger partial charge in [-0.2, -0.15) is 13.1 Å². The summed E-state index contributed by atoms with van der Waals surface area (Å²) < 4.78 is 35.3. The van der Waals surface area contributed by atoms with Gasteiger partial charge in [-0.15, -0.1) is 0 Å². The molecule has 0 spiro atoms. The van der Waals surface area contributed by atoms with Crippen molar-refractivity contribution in [3.63, 3.8) is 0 Å². The minimum absolute atomic E-state index is 0. The monoisotopic (exact) mass is 332 g/mol. The third kappa shape index (κ3) is 3.73. The Morgan fingerprint density at radius 2 is 1.62 bits per heavy atom. The molecule has 0 unspecified atom stereocenters. The first-order chi connectivity index (χ1) is 9.49. The van der Waals surface area contributed by atoms with Gasteiger partial charge >= 0.3 is 40.8 Å². The Labute approximate surface area is 147 Å². The van der Waals surface area contributed by atoms with Crippen molar-refractivity contribution in [3.8, 4) is 0 Å². The summed E-state index contributed by atoms with van der Waals surface area (Å²) >= 11 is -0.630. The van der Waals surface area contributed by atoms with Crippen LogP contribution in [-0.4, -0.2) is 17.3 Å². The molecule has 114 valence electrons. The van der Waals surface area contributed by atoms with E-state index in [9.17, 15) is 18.8 Å². The number of ether oxygens (including phenoxy) is 1. The van der Waals surface area contributed by atoms with Crippen molar-refractivity contribution in [2.24, 2.45) is 23.7 Å². The molecule has 21 heavy (non-hydrogen) atoms. The number of alkyl halides is 2. The number of hydrogen-bond acceptors (Lipinski definition) is 6. The maximum absolute atomic E-state index is 13.4. The summed E-state index contributed by atoms with van der Waals surface area (Å²) in [6, 6.07) is 0. The van der Waals surface area contributed by atoms with Gasteiger partial charge in [0, 0.05) is 0 Å². The number of esters is 1. The minimum Gasteiger partial charge on any atom is -0.691 e. The van der Waals surface area contributed by atoms with E-state index < -0.39 is 29.4 Å². The molecule has 0 amide bonds. The normalized spacial score (nSPS) is 37.2. The zero-order chi connectivity index (χ0) is 14.3. The van der Waals surface area contributed by atoms with E-state index in [1.54, 1.807) is 0 Å². The van der Waals surface area contributed by atoms with Gasteiger partial charge in [0.15, 0.2) is 0 Å². The maximum Gasteiger partial charge on any atom is 1.00 e. The van der Waals surface area contributed by atoms with E-state index in [1.165, 1.54) is 6.42 Å². The van der Waals surface area contributed by atoms with E-state index in [1.807, 2.05) is 0 Å². The Morgan fingerprint density at radius 1 is 1.10 bits per heavy atom. The Morgan fingerprint density at radius 3 is 2.10 bits per heavy atom. The second kappa shape index (κ2) is 6.98.